The average molecular weight is 404 g/mol. The molecule has 0 aromatic rings. The third-order valence-electron chi connectivity index (χ3n) is 5.43. The van der Waals surface area contributed by atoms with Gasteiger partial charge in [0, 0.05) is 59.0 Å². The summed E-state index contributed by atoms with van der Waals surface area (Å²) in [6, 6.07) is 0.452. The van der Waals surface area contributed by atoms with Crippen molar-refractivity contribution in [3.63, 3.8) is 0 Å². The highest BCUT2D eigenvalue weighted by atomic mass is 32.2. The van der Waals surface area contributed by atoms with Crippen LogP contribution in [0.15, 0.2) is 4.99 Å². The zero-order valence-corrected chi connectivity index (χ0v) is 17.9. The standard InChI is InChI=1S/C18H37N5O3S/c1-4-19-18(21-17-7-9-22(10-8-17)13-14-26-2)20-15-16-5-11-23(12-6-16)27(3,24)25/h16-17H,4-15H2,1-3H3,(H2,19,20,21). The molecule has 27 heavy (non-hydrogen) atoms. The fourth-order valence-electron chi connectivity index (χ4n) is 3.68. The molecule has 0 aromatic heterocycles. The van der Waals surface area contributed by atoms with Crippen LogP contribution < -0.4 is 10.6 Å². The molecule has 2 saturated heterocycles. The van der Waals surface area contributed by atoms with Gasteiger partial charge in [-0.2, -0.15) is 0 Å². The largest absolute Gasteiger partial charge is 0.383 e. The second-order valence-corrected chi connectivity index (χ2v) is 9.56. The van der Waals surface area contributed by atoms with Crippen LogP contribution in [-0.4, -0.2) is 95.4 Å². The van der Waals surface area contributed by atoms with E-state index in [-0.39, 0.29) is 0 Å². The van der Waals surface area contributed by atoms with E-state index in [9.17, 15) is 8.42 Å². The van der Waals surface area contributed by atoms with Crippen LogP contribution in [0, 0.1) is 5.92 Å². The van der Waals surface area contributed by atoms with E-state index in [1.54, 1.807) is 11.4 Å². The quantitative estimate of drug-likeness (QED) is 0.449. The van der Waals surface area contributed by atoms with Gasteiger partial charge in [-0.15, -0.1) is 0 Å². The Kier molecular flexibility index (Phi) is 9.28. The highest BCUT2D eigenvalue weighted by Gasteiger charge is 2.25. The van der Waals surface area contributed by atoms with Gasteiger partial charge >= 0.3 is 0 Å². The van der Waals surface area contributed by atoms with Gasteiger partial charge in [0.05, 0.1) is 12.9 Å². The Labute approximate surface area is 164 Å². The van der Waals surface area contributed by atoms with Crippen molar-refractivity contribution in [1.82, 2.24) is 19.8 Å². The van der Waals surface area contributed by atoms with Gasteiger partial charge in [-0.25, -0.2) is 12.7 Å². The summed E-state index contributed by atoms with van der Waals surface area (Å²) in [6.07, 6.45) is 5.28. The lowest BCUT2D eigenvalue weighted by Crippen LogP contribution is -2.49. The highest BCUT2D eigenvalue weighted by Crippen LogP contribution is 2.19. The molecule has 8 nitrogen and oxygen atoms in total. The van der Waals surface area contributed by atoms with Gasteiger partial charge < -0.3 is 20.3 Å². The van der Waals surface area contributed by atoms with E-state index in [1.165, 1.54) is 6.26 Å². The number of sulfonamides is 1. The van der Waals surface area contributed by atoms with Crippen LogP contribution in [0.5, 0.6) is 0 Å². The zero-order valence-electron chi connectivity index (χ0n) is 17.1. The fourth-order valence-corrected chi connectivity index (χ4v) is 4.55. The molecule has 2 aliphatic rings. The summed E-state index contributed by atoms with van der Waals surface area (Å²) >= 11 is 0. The molecule has 158 valence electrons. The van der Waals surface area contributed by atoms with Crippen LogP contribution >= 0.6 is 0 Å². The van der Waals surface area contributed by atoms with Crippen molar-refractivity contribution < 1.29 is 13.2 Å². The zero-order chi connectivity index (χ0) is 19.7. The van der Waals surface area contributed by atoms with Gasteiger partial charge in [0.25, 0.3) is 0 Å². The fraction of sp³-hybridized carbons (Fsp3) is 0.944. The number of nitrogens with zero attached hydrogens (tertiary/aromatic N) is 3. The molecule has 0 aromatic carbocycles. The van der Waals surface area contributed by atoms with Crippen LogP contribution in [0.1, 0.15) is 32.6 Å². The Hall–Kier alpha value is -0.900. The molecule has 2 aliphatic heterocycles. The Morgan fingerprint density at radius 2 is 1.81 bits per heavy atom. The lowest BCUT2D eigenvalue weighted by molar-refractivity contribution is 0.128. The number of nitrogens with one attached hydrogen (secondary N) is 2. The Morgan fingerprint density at radius 3 is 2.37 bits per heavy atom. The molecule has 0 aliphatic carbocycles. The summed E-state index contributed by atoms with van der Waals surface area (Å²) in [6.45, 7) is 8.87. The summed E-state index contributed by atoms with van der Waals surface area (Å²) in [5.41, 5.74) is 0. The molecule has 2 fully saturated rings. The number of ether oxygens (including phenoxy) is 1. The molecule has 0 bridgehead atoms. The van der Waals surface area contributed by atoms with Gasteiger partial charge in [0.1, 0.15) is 0 Å². The maximum Gasteiger partial charge on any atom is 0.211 e. The summed E-state index contributed by atoms with van der Waals surface area (Å²) in [5.74, 6) is 1.34. The maximum absolute atomic E-state index is 11.6. The number of hydrogen-bond donors (Lipinski definition) is 2. The van der Waals surface area contributed by atoms with Crippen molar-refractivity contribution in [1.29, 1.82) is 0 Å². The smallest absolute Gasteiger partial charge is 0.211 e. The summed E-state index contributed by atoms with van der Waals surface area (Å²) in [5, 5.41) is 6.93. The second kappa shape index (κ2) is 11.2. The molecule has 0 spiro atoms. The number of methoxy groups -OCH3 is 1. The third kappa shape index (κ3) is 7.93. The molecule has 0 saturated carbocycles. The molecule has 2 N–H and O–H groups in total. The normalized spacial score (nSPS) is 22.1. The summed E-state index contributed by atoms with van der Waals surface area (Å²) in [7, 11) is -1.31. The number of aliphatic imine (C=N–C) groups is 1. The first kappa shape index (κ1) is 22.4. The predicted octanol–water partition coefficient (Wildman–Crippen LogP) is 0.324. The number of rotatable bonds is 8. The lowest BCUT2D eigenvalue weighted by Gasteiger charge is -2.33. The summed E-state index contributed by atoms with van der Waals surface area (Å²) < 4.78 is 30.0. The molecule has 9 heteroatoms. The van der Waals surface area contributed by atoms with Crippen molar-refractivity contribution in [3.05, 3.63) is 0 Å². The van der Waals surface area contributed by atoms with Crippen LogP contribution in [-0.2, 0) is 14.8 Å². The minimum atomic E-state index is -3.06. The Morgan fingerprint density at radius 1 is 1.15 bits per heavy atom. The molecular formula is C18H37N5O3S. The topological polar surface area (TPSA) is 86.3 Å². The van der Waals surface area contributed by atoms with Crippen molar-refractivity contribution in [2.75, 3.05) is 65.8 Å². The Bertz CT molecular complexity index is 553. The number of piperidine rings is 2. The van der Waals surface area contributed by atoms with Crippen LogP contribution in [0.3, 0.4) is 0 Å². The van der Waals surface area contributed by atoms with Gasteiger partial charge in [-0.1, -0.05) is 0 Å². The Balaban J connectivity index is 1.76. The average Bonchev–Trinajstić information content (AvgIpc) is 2.65. The van der Waals surface area contributed by atoms with E-state index in [0.29, 0.717) is 25.0 Å². The van der Waals surface area contributed by atoms with E-state index in [1.807, 2.05) is 0 Å². The molecule has 2 heterocycles. The molecular weight excluding hydrogens is 366 g/mol. The lowest BCUT2D eigenvalue weighted by atomic mass is 9.98. The van der Waals surface area contributed by atoms with Gasteiger partial charge in [0.15, 0.2) is 5.96 Å². The van der Waals surface area contributed by atoms with Crippen molar-refractivity contribution in [3.8, 4) is 0 Å². The molecule has 2 rings (SSSR count). The van der Waals surface area contributed by atoms with Crippen LogP contribution in [0.25, 0.3) is 0 Å². The van der Waals surface area contributed by atoms with Crippen LogP contribution in [0.4, 0.5) is 0 Å². The number of hydrogen-bond acceptors (Lipinski definition) is 5. The predicted molar refractivity (Wildman–Crippen MR) is 110 cm³/mol. The first-order valence-electron chi connectivity index (χ1n) is 10.1. The summed E-state index contributed by atoms with van der Waals surface area (Å²) in [4.78, 5) is 7.23. The minimum absolute atomic E-state index is 0.452. The number of likely N-dealkylation sites (tertiary alicyclic amines) is 1. The van der Waals surface area contributed by atoms with Crippen molar-refractivity contribution in [2.45, 2.75) is 38.6 Å². The van der Waals surface area contributed by atoms with Crippen LogP contribution in [0.2, 0.25) is 0 Å². The molecule has 0 amide bonds. The first-order chi connectivity index (χ1) is 12.9. The highest BCUT2D eigenvalue weighted by molar-refractivity contribution is 7.88. The van der Waals surface area contributed by atoms with Gasteiger partial charge in [-0.3, -0.25) is 4.99 Å². The van der Waals surface area contributed by atoms with Crippen molar-refractivity contribution >= 4 is 16.0 Å². The number of guanidine groups is 1. The molecule has 0 unspecified atom stereocenters. The van der Waals surface area contributed by atoms with E-state index >= 15 is 0 Å². The molecule has 0 radical (unpaired) electrons. The van der Waals surface area contributed by atoms with Gasteiger partial charge in [-0.05, 0) is 38.5 Å². The monoisotopic (exact) mass is 403 g/mol. The first-order valence-corrected chi connectivity index (χ1v) is 12.0. The molecule has 0 atom stereocenters. The second-order valence-electron chi connectivity index (χ2n) is 7.58. The van der Waals surface area contributed by atoms with Crippen molar-refractivity contribution in [2.24, 2.45) is 10.9 Å². The maximum atomic E-state index is 11.6. The van der Waals surface area contributed by atoms with E-state index in [0.717, 1.165) is 71.0 Å². The third-order valence-corrected chi connectivity index (χ3v) is 6.74. The van der Waals surface area contributed by atoms with E-state index < -0.39 is 10.0 Å². The minimum Gasteiger partial charge on any atom is -0.383 e. The van der Waals surface area contributed by atoms with E-state index in [4.69, 9.17) is 9.73 Å². The SMILES string of the molecule is CCNC(=NCC1CCN(S(C)(=O)=O)CC1)NC1CCN(CCOC)CC1. The van der Waals surface area contributed by atoms with Gasteiger partial charge in [0.2, 0.25) is 10.0 Å². The van der Waals surface area contributed by atoms with E-state index in [2.05, 4.69) is 22.5 Å².